The summed E-state index contributed by atoms with van der Waals surface area (Å²) in [6, 6.07) is 12.9. The van der Waals surface area contributed by atoms with Crippen molar-refractivity contribution in [3.8, 4) is 0 Å². The first-order valence-corrected chi connectivity index (χ1v) is 7.28. The highest BCUT2D eigenvalue weighted by Crippen LogP contribution is 2.32. The van der Waals surface area contributed by atoms with Gasteiger partial charge in [0.25, 0.3) is 0 Å². The summed E-state index contributed by atoms with van der Waals surface area (Å²) in [5.74, 6) is -0.725. The first-order valence-electron chi connectivity index (χ1n) is 7.28. The Bertz CT molecular complexity index is 1030. The molecule has 0 spiro atoms. The highest BCUT2D eigenvalue weighted by Gasteiger charge is 2.32. The Hall–Kier alpha value is -3.15. The van der Waals surface area contributed by atoms with Crippen LogP contribution in [0.5, 0.6) is 0 Å². The average Bonchev–Trinajstić information content (AvgIpc) is 2.58. The Morgan fingerprint density at radius 3 is 2.44 bits per heavy atom. The first-order chi connectivity index (χ1) is 11.9. The van der Waals surface area contributed by atoms with E-state index in [-0.39, 0.29) is 11.1 Å². The zero-order chi connectivity index (χ0) is 18.0. The predicted molar refractivity (Wildman–Crippen MR) is 87.3 cm³/mol. The summed E-state index contributed by atoms with van der Waals surface area (Å²) in [6.45, 7) is 0. The van der Waals surface area contributed by atoms with Crippen LogP contribution in [0.3, 0.4) is 0 Å². The number of alkyl halides is 3. The minimum Gasteiger partial charge on any atom is -0.422 e. The number of benzene rings is 2. The molecule has 0 unspecified atom stereocenters. The second-order valence-electron chi connectivity index (χ2n) is 5.27. The van der Waals surface area contributed by atoms with Crippen molar-refractivity contribution in [2.24, 2.45) is 0 Å². The van der Waals surface area contributed by atoms with Gasteiger partial charge in [0.1, 0.15) is 11.1 Å². The minimum absolute atomic E-state index is 0.159. The van der Waals surface area contributed by atoms with Crippen LogP contribution in [-0.2, 0) is 6.18 Å². The number of halogens is 3. The number of allylic oxidation sites excluding steroid dienone is 1. The van der Waals surface area contributed by atoms with Crippen molar-refractivity contribution in [3.05, 3.63) is 87.8 Å². The lowest BCUT2D eigenvalue weighted by atomic mass is 10.0. The Kier molecular flexibility index (Phi) is 4.27. The first kappa shape index (κ1) is 16.7. The fourth-order valence-corrected chi connectivity index (χ4v) is 2.39. The second-order valence-corrected chi connectivity index (χ2v) is 5.27. The highest BCUT2D eigenvalue weighted by molar-refractivity contribution is 6.07. The van der Waals surface area contributed by atoms with Crippen LogP contribution in [0.25, 0.3) is 17.0 Å². The summed E-state index contributed by atoms with van der Waals surface area (Å²) in [5, 5.41) is 0.551. The number of carbonyl (C=O) groups is 1. The van der Waals surface area contributed by atoms with Gasteiger partial charge in [-0.15, -0.1) is 0 Å². The van der Waals surface area contributed by atoms with Crippen molar-refractivity contribution in [3.63, 3.8) is 0 Å². The van der Waals surface area contributed by atoms with E-state index in [2.05, 4.69) is 0 Å². The number of hydrogen-bond acceptors (Lipinski definition) is 3. The quantitative estimate of drug-likeness (QED) is 0.393. The van der Waals surface area contributed by atoms with Crippen LogP contribution in [0.2, 0.25) is 0 Å². The number of ketones is 1. The van der Waals surface area contributed by atoms with E-state index in [0.29, 0.717) is 11.0 Å². The number of hydrogen-bond donors (Lipinski definition) is 0. The van der Waals surface area contributed by atoms with Gasteiger partial charge in [0.05, 0.1) is 5.56 Å². The molecule has 1 heterocycles. The van der Waals surface area contributed by atoms with Crippen molar-refractivity contribution in [2.45, 2.75) is 6.18 Å². The molecule has 0 aliphatic rings. The molecule has 6 heteroatoms. The van der Waals surface area contributed by atoms with Gasteiger partial charge >= 0.3 is 11.8 Å². The van der Waals surface area contributed by atoms with E-state index in [9.17, 15) is 22.8 Å². The zero-order valence-corrected chi connectivity index (χ0v) is 12.7. The molecular formula is C19H11F3O3. The van der Waals surface area contributed by atoms with Crippen molar-refractivity contribution in [1.29, 1.82) is 0 Å². The lowest BCUT2D eigenvalue weighted by Crippen LogP contribution is -2.12. The molecule has 0 bridgehead atoms. The molecule has 0 saturated heterocycles. The molecule has 0 N–H and O–H groups in total. The van der Waals surface area contributed by atoms with E-state index in [4.69, 9.17) is 4.42 Å². The number of carbonyl (C=O) groups excluding carboxylic acids is 1. The highest BCUT2D eigenvalue weighted by atomic mass is 19.4. The van der Waals surface area contributed by atoms with E-state index in [1.54, 1.807) is 24.3 Å². The predicted octanol–water partition coefficient (Wildman–Crippen LogP) is 4.71. The third-order valence-corrected chi connectivity index (χ3v) is 3.59. The fraction of sp³-hybridized carbons (Fsp3) is 0.0526. The average molecular weight is 344 g/mol. The molecular weight excluding hydrogens is 333 g/mol. The molecule has 1 aromatic heterocycles. The van der Waals surface area contributed by atoms with Gasteiger partial charge in [-0.3, -0.25) is 4.79 Å². The lowest BCUT2D eigenvalue weighted by molar-refractivity contribution is -0.137. The molecule has 0 aliphatic carbocycles. The molecule has 0 aliphatic heterocycles. The third kappa shape index (κ3) is 3.52. The summed E-state index contributed by atoms with van der Waals surface area (Å²) in [4.78, 5) is 24.1. The second kappa shape index (κ2) is 6.39. The van der Waals surface area contributed by atoms with Crippen molar-refractivity contribution >= 4 is 22.8 Å². The van der Waals surface area contributed by atoms with Gasteiger partial charge in [0.2, 0.25) is 0 Å². The maximum absolute atomic E-state index is 13.0. The molecule has 2 aromatic carbocycles. The van der Waals surface area contributed by atoms with Crippen LogP contribution in [0.4, 0.5) is 13.2 Å². The van der Waals surface area contributed by atoms with Crippen LogP contribution in [0.1, 0.15) is 21.5 Å². The fourth-order valence-electron chi connectivity index (χ4n) is 2.39. The molecule has 3 nitrogen and oxygen atoms in total. The normalized spacial score (nSPS) is 12.0. The number of rotatable bonds is 3. The van der Waals surface area contributed by atoms with E-state index in [0.717, 1.165) is 18.2 Å². The van der Waals surface area contributed by atoms with Gasteiger partial charge in [0, 0.05) is 5.39 Å². The van der Waals surface area contributed by atoms with Gasteiger partial charge in [-0.05, 0) is 29.8 Å². The van der Waals surface area contributed by atoms with Gasteiger partial charge < -0.3 is 4.42 Å². The van der Waals surface area contributed by atoms with Gasteiger partial charge in [-0.1, -0.05) is 42.5 Å². The van der Waals surface area contributed by atoms with Crippen LogP contribution >= 0.6 is 0 Å². The van der Waals surface area contributed by atoms with Crippen LogP contribution in [0, 0.1) is 0 Å². The summed E-state index contributed by atoms with van der Waals surface area (Å²) < 4.78 is 43.9. The number of fused-ring (bicyclic) bond motifs is 1. The van der Waals surface area contributed by atoms with Gasteiger partial charge in [0.15, 0.2) is 5.78 Å². The van der Waals surface area contributed by atoms with E-state index in [1.807, 2.05) is 0 Å². The Balaban J connectivity index is 1.97. The summed E-state index contributed by atoms with van der Waals surface area (Å²) in [7, 11) is 0. The van der Waals surface area contributed by atoms with E-state index >= 15 is 0 Å². The summed E-state index contributed by atoms with van der Waals surface area (Å²) in [5.41, 5.74) is -1.76. The largest absolute Gasteiger partial charge is 0.422 e. The van der Waals surface area contributed by atoms with Crippen molar-refractivity contribution in [1.82, 2.24) is 0 Å². The maximum atomic E-state index is 13.0. The Morgan fingerprint density at radius 2 is 1.68 bits per heavy atom. The van der Waals surface area contributed by atoms with Crippen molar-refractivity contribution in [2.75, 3.05) is 0 Å². The molecule has 126 valence electrons. The topological polar surface area (TPSA) is 47.3 Å². The van der Waals surface area contributed by atoms with Crippen LogP contribution in [-0.4, -0.2) is 5.78 Å². The lowest BCUT2D eigenvalue weighted by Gasteiger charge is -2.09. The Morgan fingerprint density at radius 1 is 1.00 bits per heavy atom. The molecule has 0 fully saturated rings. The SMILES string of the molecule is O=C(C=Cc1ccccc1C(F)(F)F)c1cc2ccccc2oc1=O. The molecule has 3 rings (SSSR count). The van der Waals surface area contributed by atoms with Gasteiger partial charge in [-0.2, -0.15) is 13.2 Å². The number of para-hydroxylation sites is 1. The molecule has 0 amide bonds. The van der Waals surface area contributed by atoms with Crippen LogP contribution in [0.15, 0.2) is 69.9 Å². The molecule has 3 aromatic rings. The zero-order valence-electron chi connectivity index (χ0n) is 12.7. The maximum Gasteiger partial charge on any atom is 0.416 e. The summed E-state index contributed by atoms with van der Waals surface area (Å²) >= 11 is 0. The van der Waals surface area contributed by atoms with E-state index < -0.39 is 23.1 Å². The molecule has 0 radical (unpaired) electrons. The standard InChI is InChI=1S/C19H11F3O3/c20-19(21,22)15-7-3-1-5-12(15)9-10-16(23)14-11-13-6-2-4-8-17(13)25-18(14)24/h1-11H. The monoisotopic (exact) mass is 344 g/mol. The van der Waals surface area contributed by atoms with Crippen LogP contribution < -0.4 is 5.63 Å². The third-order valence-electron chi connectivity index (χ3n) is 3.59. The molecule has 25 heavy (non-hydrogen) atoms. The smallest absolute Gasteiger partial charge is 0.416 e. The van der Waals surface area contributed by atoms with Gasteiger partial charge in [-0.25, -0.2) is 4.79 Å². The van der Waals surface area contributed by atoms with E-state index in [1.165, 1.54) is 24.3 Å². The van der Waals surface area contributed by atoms with Crippen molar-refractivity contribution < 1.29 is 22.4 Å². The Labute approximate surface area is 140 Å². The minimum atomic E-state index is -4.54. The molecule has 0 saturated carbocycles. The molecule has 0 atom stereocenters. The summed E-state index contributed by atoms with van der Waals surface area (Å²) in [6.07, 6.45) is -2.56.